The van der Waals surface area contributed by atoms with Crippen molar-refractivity contribution in [2.75, 3.05) is 5.32 Å². The van der Waals surface area contributed by atoms with E-state index in [0.29, 0.717) is 5.02 Å². The predicted octanol–water partition coefficient (Wildman–Crippen LogP) is 4.02. The molecule has 0 bridgehead atoms. The Balaban J connectivity index is 2.66. The third-order valence-electron chi connectivity index (χ3n) is 2.61. The number of nitrogens with one attached hydrogen (secondary N) is 1. The number of hydrogen-bond donors (Lipinski definition) is 1. The van der Waals surface area contributed by atoms with Gasteiger partial charge in [-0.25, -0.2) is 0 Å². The Morgan fingerprint density at radius 1 is 1.50 bits per heavy atom. The van der Waals surface area contributed by atoms with E-state index in [2.05, 4.69) is 12.2 Å². The Morgan fingerprint density at radius 2 is 2.19 bits per heavy atom. The molecule has 1 N–H and O–H groups in total. The zero-order valence-electron chi connectivity index (χ0n) is 10.0. The normalized spacial score (nSPS) is 12.2. The molecule has 1 atom stereocenters. The van der Waals surface area contributed by atoms with Crippen LogP contribution < -0.4 is 5.32 Å². The maximum Gasteiger partial charge on any atom is 0.227 e. The van der Waals surface area contributed by atoms with Gasteiger partial charge in [-0.15, -0.1) is 0 Å². The number of carbonyl (C=O) groups excluding carboxylic acids is 1. The molecule has 0 aromatic heterocycles. The largest absolute Gasteiger partial charge is 0.326 e. The molecule has 1 amide bonds. The summed E-state index contributed by atoms with van der Waals surface area (Å²) in [5.41, 5.74) is 1.78. The molecule has 0 aliphatic rings. The highest BCUT2D eigenvalue weighted by atomic mass is 35.5. The van der Waals surface area contributed by atoms with Gasteiger partial charge >= 0.3 is 0 Å². The molecule has 88 valence electrons. The highest BCUT2D eigenvalue weighted by Crippen LogP contribution is 2.20. The van der Waals surface area contributed by atoms with Crippen LogP contribution >= 0.6 is 11.6 Å². The fourth-order valence-corrected chi connectivity index (χ4v) is 1.68. The molecule has 3 heteroatoms. The summed E-state index contributed by atoms with van der Waals surface area (Å²) in [5.74, 6) is 0.104. The quantitative estimate of drug-likeness (QED) is 0.845. The minimum Gasteiger partial charge on any atom is -0.326 e. The van der Waals surface area contributed by atoms with E-state index in [0.717, 1.165) is 24.1 Å². The van der Waals surface area contributed by atoms with Gasteiger partial charge in [0.15, 0.2) is 0 Å². The van der Waals surface area contributed by atoms with Gasteiger partial charge in [0, 0.05) is 16.6 Å². The summed E-state index contributed by atoms with van der Waals surface area (Å²) in [7, 11) is 0. The van der Waals surface area contributed by atoms with Gasteiger partial charge in [0.1, 0.15) is 0 Å². The molecular formula is C13H18ClNO. The molecule has 0 saturated carbocycles. The summed E-state index contributed by atoms with van der Waals surface area (Å²) >= 11 is 5.99. The van der Waals surface area contributed by atoms with Crippen LogP contribution in [0.15, 0.2) is 18.2 Å². The lowest BCUT2D eigenvalue weighted by Gasteiger charge is -2.11. The Bertz CT molecular complexity index is 376. The lowest BCUT2D eigenvalue weighted by molar-refractivity contribution is -0.119. The Labute approximate surface area is 102 Å². The summed E-state index contributed by atoms with van der Waals surface area (Å²) in [5, 5.41) is 3.55. The number of rotatable bonds is 4. The first-order chi connectivity index (χ1) is 7.54. The maximum atomic E-state index is 11.7. The van der Waals surface area contributed by atoms with Crippen LogP contribution in [-0.2, 0) is 4.79 Å². The molecule has 0 radical (unpaired) electrons. The zero-order chi connectivity index (χ0) is 12.1. The van der Waals surface area contributed by atoms with E-state index in [9.17, 15) is 4.79 Å². The molecule has 0 unspecified atom stereocenters. The fourth-order valence-electron chi connectivity index (χ4n) is 1.50. The van der Waals surface area contributed by atoms with Crippen molar-refractivity contribution in [3.63, 3.8) is 0 Å². The van der Waals surface area contributed by atoms with E-state index in [-0.39, 0.29) is 11.8 Å². The third-order valence-corrected chi connectivity index (χ3v) is 3.02. The van der Waals surface area contributed by atoms with Gasteiger partial charge in [-0.05, 0) is 31.0 Å². The van der Waals surface area contributed by atoms with E-state index in [4.69, 9.17) is 11.6 Å². The molecular weight excluding hydrogens is 222 g/mol. The summed E-state index contributed by atoms with van der Waals surface area (Å²) in [6, 6.07) is 5.56. The number of amides is 1. The van der Waals surface area contributed by atoms with Crippen LogP contribution in [0, 0.1) is 12.8 Å². The van der Waals surface area contributed by atoms with Crippen molar-refractivity contribution in [1.29, 1.82) is 0 Å². The Morgan fingerprint density at radius 3 is 2.75 bits per heavy atom. The van der Waals surface area contributed by atoms with E-state index in [1.54, 1.807) is 6.07 Å². The first kappa shape index (κ1) is 13.0. The first-order valence-corrected chi connectivity index (χ1v) is 5.99. The topological polar surface area (TPSA) is 29.1 Å². The summed E-state index contributed by atoms with van der Waals surface area (Å²) < 4.78 is 0. The van der Waals surface area contributed by atoms with Crippen LogP contribution in [0.5, 0.6) is 0 Å². The number of aryl methyl sites for hydroxylation is 1. The van der Waals surface area contributed by atoms with Gasteiger partial charge in [0.2, 0.25) is 5.91 Å². The molecule has 0 aliphatic heterocycles. The van der Waals surface area contributed by atoms with E-state index in [1.165, 1.54) is 0 Å². The second-order valence-electron chi connectivity index (χ2n) is 4.14. The van der Waals surface area contributed by atoms with Crippen LogP contribution in [0.1, 0.15) is 32.3 Å². The zero-order valence-corrected chi connectivity index (χ0v) is 10.8. The summed E-state index contributed by atoms with van der Waals surface area (Å²) in [6.07, 6.45) is 1.93. The first-order valence-electron chi connectivity index (χ1n) is 5.61. The van der Waals surface area contributed by atoms with Crippen molar-refractivity contribution < 1.29 is 4.79 Å². The molecule has 0 aliphatic carbocycles. The average Bonchev–Trinajstić information content (AvgIpc) is 2.24. The predicted molar refractivity (Wildman–Crippen MR) is 68.9 cm³/mol. The van der Waals surface area contributed by atoms with Crippen LogP contribution in [0.3, 0.4) is 0 Å². The molecule has 1 aromatic rings. The van der Waals surface area contributed by atoms with Crippen molar-refractivity contribution in [2.24, 2.45) is 5.92 Å². The van der Waals surface area contributed by atoms with Gasteiger partial charge in [-0.3, -0.25) is 4.79 Å². The highest BCUT2D eigenvalue weighted by Gasteiger charge is 2.11. The van der Waals surface area contributed by atoms with Gasteiger partial charge in [0.25, 0.3) is 0 Å². The van der Waals surface area contributed by atoms with Gasteiger partial charge < -0.3 is 5.32 Å². The molecule has 0 saturated heterocycles. The van der Waals surface area contributed by atoms with Crippen LogP contribution in [0.25, 0.3) is 0 Å². The second kappa shape index (κ2) is 5.90. The summed E-state index contributed by atoms with van der Waals surface area (Å²) in [4.78, 5) is 11.7. The van der Waals surface area contributed by atoms with Gasteiger partial charge in [0.05, 0.1) is 0 Å². The van der Waals surface area contributed by atoms with Gasteiger partial charge in [-0.1, -0.05) is 37.9 Å². The van der Waals surface area contributed by atoms with Crippen LogP contribution in [0.2, 0.25) is 5.02 Å². The minimum absolute atomic E-state index is 0.0464. The Hall–Kier alpha value is -1.02. The maximum absolute atomic E-state index is 11.7. The smallest absolute Gasteiger partial charge is 0.227 e. The SMILES string of the molecule is CCC[C@@H](C)C(=O)Nc1ccc(C)c(Cl)c1. The number of hydrogen-bond acceptors (Lipinski definition) is 1. The molecule has 0 spiro atoms. The van der Waals surface area contributed by atoms with E-state index in [1.807, 2.05) is 26.0 Å². The number of anilines is 1. The lowest BCUT2D eigenvalue weighted by atomic mass is 10.1. The van der Waals surface area contributed by atoms with Crippen molar-refractivity contribution >= 4 is 23.2 Å². The minimum atomic E-state index is 0.0464. The van der Waals surface area contributed by atoms with Crippen LogP contribution in [0.4, 0.5) is 5.69 Å². The standard InChI is InChI=1S/C13H18ClNO/c1-4-5-10(3)13(16)15-11-7-6-9(2)12(14)8-11/h6-8,10H,4-5H2,1-3H3,(H,15,16)/t10-/m1/s1. The molecule has 0 heterocycles. The van der Waals surface area contributed by atoms with Crippen molar-refractivity contribution in [1.82, 2.24) is 0 Å². The number of carbonyl (C=O) groups is 1. The second-order valence-corrected chi connectivity index (χ2v) is 4.55. The lowest BCUT2D eigenvalue weighted by Crippen LogP contribution is -2.20. The van der Waals surface area contributed by atoms with Crippen molar-refractivity contribution in [3.8, 4) is 0 Å². The van der Waals surface area contributed by atoms with Gasteiger partial charge in [-0.2, -0.15) is 0 Å². The monoisotopic (exact) mass is 239 g/mol. The summed E-state index contributed by atoms with van der Waals surface area (Å²) in [6.45, 7) is 5.95. The fraction of sp³-hybridized carbons (Fsp3) is 0.462. The van der Waals surface area contributed by atoms with Crippen molar-refractivity contribution in [3.05, 3.63) is 28.8 Å². The number of benzene rings is 1. The van der Waals surface area contributed by atoms with E-state index >= 15 is 0 Å². The van der Waals surface area contributed by atoms with E-state index < -0.39 is 0 Å². The molecule has 0 fully saturated rings. The van der Waals surface area contributed by atoms with Crippen molar-refractivity contribution in [2.45, 2.75) is 33.6 Å². The number of halogens is 1. The average molecular weight is 240 g/mol. The molecule has 2 nitrogen and oxygen atoms in total. The highest BCUT2D eigenvalue weighted by molar-refractivity contribution is 6.31. The molecule has 1 rings (SSSR count). The Kier molecular flexibility index (Phi) is 4.81. The third kappa shape index (κ3) is 3.53. The molecule has 16 heavy (non-hydrogen) atoms. The van der Waals surface area contributed by atoms with Crippen LogP contribution in [-0.4, -0.2) is 5.91 Å². The molecule has 1 aromatic carbocycles.